The summed E-state index contributed by atoms with van der Waals surface area (Å²) in [5.74, 6) is -0.391. The smallest absolute Gasteiger partial charge is 0.340 e. The first-order valence-corrected chi connectivity index (χ1v) is 5.83. The summed E-state index contributed by atoms with van der Waals surface area (Å²) in [7, 11) is 3.56. The summed E-state index contributed by atoms with van der Waals surface area (Å²) in [6.07, 6.45) is 1.72. The molecule has 0 unspecified atom stereocenters. The van der Waals surface area contributed by atoms with Crippen LogP contribution in [0.1, 0.15) is 23.0 Å². The van der Waals surface area contributed by atoms with Crippen LogP contribution in [0.5, 0.6) is 0 Å². The zero-order chi connectivity index (χ0) is 13.4. The molecule has 2 rings (SSSR count). The molecule has 0 atom stereocenters. The van der Waals surface area contributed by atoms with E-state index in [1.807, 2.05) is 7.85 Å². The molecule has 18 heavy (non-hydrogen) atoms. The van der Waals surface area contributed by atoms with Gasteiger partial charge in [0.05, 0.1) is 12.2 Å². The van der Waals surface area contributed by atoms with Gasteiger partial charge in [0.25, 0.3) is 5.56 Å². The van der Waals surface area contributed by atoms with Gasteiger partial charge < -0.3 is 14.3 Å². The minimum atomic E-state index is -0.391. The highest BCUT2D eigenvalue weighted by atomic mass is 16.5. The monoisotopic (exact) mass is 246 g/mol. The molecule has 0 saturated carbocycles. The number of pyridine rings is 1. The van der Waals surface area contributed by atoms with Crippen LogP contribution < -0.4 is 11.0 Å². The fourth-order valence-corrected chi connectivity index (χ4v) is 2.23. The van der Waals surface area contributed by atoms with Crippen LogP contribution in [0.3, 0.4) is 0 Å². The molecule has 0 aliphatic carbocycles. The van der Waals surface area contributed by atoms with E-state index in [0.29, 0.717) is 28.8 Å². The molecular formula is C12H15BN2O3. The van der Waals surface area contributed by atoms with Crippen molar-refractivity contribution in [2.75, 3.05) is 6.61 Å². The normalized spacial score (nSPS) is 10.8. The third-order valence-corrected chi connectivity index (χ3v) is 2.98. The first-order chi connectivity index (χ1) is 8.47. The second-order valence-electron chi connectivity index (χ2n) is 4.32. The van der Waals surface area contributed by atoms with Crippen molar-refractivity contribution < 1.29 is 9.53 Å². The lowest BCUT2D eigenvalue weighted by atomic mass is 9.92. The summed E-state index contributed by atoms with van der Waals surface area (Å²) >= 11 is 0. The van der Waals surface area contributed by atoms with Crippen molar-refractivity contribution in [2.24, 2.45) is 7.05 Å². The Hall–Kier alpha value is -1.98. The van der Waals surface area contributed by atoms with Gasteiger partial charge in [0, 0.05) is 24.3 Å². The third-order valence-electron chi connectivity index (χ3n) is 2.98. The first-order valence-electron chi connectivity index (χ1n) is 5.83. The first kappa shape index (κ1) is 12.5. The highest BCUT2D eigenvalue weighted by Crippen LogP contribution is 2.18. The van der Waals surface area contributed by atoms with Gasteiger partial charge in [-0.3, -0.25) is 4.79 Å². The molecule has 0 radical (unpaired) electrons. The van der Waals surface area contributed by atoms with Gasteiger partial charge in [-0.15, -0.1) is 0 Å². The van der Waals surface area contributed by atoms with E-state index in [9.17, 15) is 9.59 Å². The Kier molecular flexibility index (Phi) is 3.03. The van der Waals surface area contributed by atoms with E-state index in [0.717, 1.165) is 5.46 Å². The van der Waals surface area contributed by atoms with Gasteiger partial charge in [-0.25, -0.2) is 4.79 Å². The Bertz CT molecular complexity index is 685. The van der Waals surface area contributed by atoms with E-state index < -0.39 is 5.97 Å². The largest absolute Gasteiger partial charge is 0.462 e. The number of aryl methyl sites for hydroxylation is 2. The van der Waals surface area contributed by atoms with Crippen LogP contribution in [0.15, 0.2) is 11.0 Å². The fraction of sp³-hybridized carbons (Fsp3) is 0.333. The lowest BCUT2D eigenvalue weighted by molar-refractivity contribution is 0.0528. The molecule has 2 aromatic rings. The Morgan fingerprint density at radius 1 is 1.56 bits per heavy atom. The SMILES string of the molecule is Bc1cn(C)c(=O)c2[nH]c(C)c(C(=O)OCC)c12. The average molecular weight is 246 g/mol. The molecule has 0 aliphatic rings. The van der Waals surface area contributed by atoms with Crippen molar-refractivity contribution in [1.29, 1.82) is 0 Å². The van der Waals surface area contributed by atoms with Crippen molar-refractivity contribution >= 4 is 30.2 Å². The highest BCUT2D eigenvalue weighted by molar-refractivity contribution is 6.40. The summed E-state index contributed by atoms with van der Waals surface area (Å²) in [5.41, 5.74) is 2.31. The van der Waals surface area contributed by atoms with Crippen molar-refractivity contribution in [3.8, 4) is 0 Å². The number of nitrogens with one attached hydrogen (secondary N) is 1. The number of hydrogen-bond acceptors (Lipinski definition) is 3. The van der Waals surface area contributed by atoms with E-state index in [4.69, 9.17) is 4.74 Å². The standard InChI is InChI=1S/C12H15BN2O3/c1-4-18-12(17)8-6(2)14-10-9(8)7(13)5-15(3)11(10)16/h5,14H,4,13H2,1-3H3. The Balaban J connectivity index is 2.83. The predicted molar refractivity (Wildman–Crippen MR) is 72.4 cm³/mol. The number of H-pyrrole nitrogens is 1. The molecule has 0 spiro atoms. The van der Waals surface area contributed by atoms with E-state index in [1.165, 1.54) is 4.57 Å². The molecule has 5 nitrogen and oxygen atoms in total. The van der Waals surface area contributed by atoms with Gasteiger partial charge >= 0.3 is 5.97 Å². The van der Waals surface area contributed by atoms with Crippen molar-refractivity contribution in [2.45, 2.75) is 13.8 Å². The van der Waals surface area contributed by atoms with Crippen LogP contribution in [-0.4, -0.2) is 30.0 Å². The lowest BCUT2D eigenvalue weighted by Crippen LogP contribution is -2.23. The number of rotatable bonds is 2. The number of aromatic nitrogens is 2. The van der Waals surface area contributed by atoms with Crippen LogP contribution >= 0.6 is 0 Å². The molecule has 0 fully saturated rings. The number of fused-ring (bicyclic) bond motifs is 1. The third kappa shape index (κ3) is 1.74. The Morgan fingerprint density at radius 3 is 2.83 bits per heavy atom. The summed E-state index contributed by atoms with van der Waals surface area (Å²) in [5, 5.41) is 0.661. The zero-order valence-corrected chi connectivity index (χ0v) is 11.0. The van der Waals surface area contributed by atoms with Gasteiger partial charge in [-0.2, -0.15) is 0 Å². The molecule has 0 bridgehead atoms. The van der Waals surface area contributed by atoms with Crippen LogP contribution in [0, 0.1) is 6.92 Å². The van der Waals surface area contributed by atoms with Crippen LogP contribution in [0.4, 0.5) is 0 Å². The highest BCUT2D eigenvalue weighted by Gasteiger charge is 2.20. The molecule has 0 aliphatic heterocycles. The zero-order valence-electron chi connectivity index (χ0n) is 11.0. The Morgan fingerprint density at radius 2 is 2.22 bits per heavy atom. The number of ether oxygens (including phenoxy) is 1. The summed E-state index contributed by atoms with van der Waals surface area (Å²) < 4.78 is 6.54. The lowest BCUT2D eigenvalue weighted by Gasteiger charge is -2.05. The summed E-state index contributed by atoms with van der Waals surface area (Å²) in [6.45, 7) is 3.84. The maximum absolute atomic E-state index is 12.0. The molecule has 94 valence electrons. The van der Waals surface area contributed by atoms with E-state index >= 15 is 0 Å². The molecule has 0 saturated heterocycles. The van der Waals surface area contributed by atoms with E-state index in [-0.39, 0.29) is 5.56 Å². The summed E-state index contributed by atoms with van der Waals surface area (Å²) in [4.78, 5) is 26.9. The van der Waals surface area contributed by atoms with Gasteiger partial charge in [0.2, 0.25) is 0 Å². The number of aromatic amines is 1. The minimum Gasteiger partial charge on any atom is -0.462 e. The van der Waals surface area contributed by atoms with Gasteiger partial charge in [0.1, 0.15) is 13.4 Å². The number of carbonyl (C=O) groups is 1. The number of nitrogens with zero attached hydrogens (tertiary/aromatic N) is 1. The average Bonchev–Trinajstić information content (AvgIpc) is 2.64. The van der Waals surface area contributed by atoms with Crippen LogP contribution in [-0.2, 0) is 11.8 Å². The Labute approximate surface area is 105 Å². The maximum Gasteiger partial charge on any atom is 0.340 e. The van der Waals surface area contributed by atoms with Gasteiger partial charge in [-0.05, 0) is 13.8 Å². The van der Waals surface area contributed by atoms with Crippen LogP contribution in [0.2, 0.25) is 0 Å². The predicted octanol–water partition coefficient (Wildman–Crippen LogP) is -0.390. The van der Waals surface area contributed by atoms with Crippen LogP contribution in [0.25, 0.3) is 10.9 Å². The molecular weight excluding hydrogens is 231 g/mol. The fourth-order valence-electron chi connectivity index (χ4n) is 2.23. The molecule has 0 amide bonds. The quantitative estimate of drug-likeness (QED) is 0.579. The molecule has 0 aromatic carbocycles. The summed E-state index contributed by atoms with van der Waals surface area (Å²) in [6, 6.07) is 0. The molecule has 2 heterocycles. The number of esters is 1. The second kappa shape index (κ2) is 4.36. The minimum absolute atomic E-state index is 0.144. The van der Waals surface area contributed by atoms with Crippen molar-refractivity contribution in [3.05, 3.63) is 27.8 Å². The molecule has 6 heteroatoms. The number of hydrogen-bond donors (Lipinski definition) is 1. The molecule has 1 N–H and O–H groups in total. The van der Waals surface area contributed by atoms with Crippen molar-refractivity contribution in [1.82, 2.24) is 9.55 Å². The van der Waals surface area contributed by atoms with E-state index in [2.05, 4.69) is 4.98 Å². The van der Waals surface area contributed by atoms with E-state index in [1.54, 1.807) is 27.1 Å². The van der Waals surface area contributed by atoms with Crippen molar-refractivity contribution in [3.63, 3.8) is 0 Å². The topological polar surface area (TPSA) is 64.1 Å². The second-order valence-corrected chi connectivity index (χ2v) is 4.32. The molecule has 2 aromatic heterocycles. The maximum atomic E-state index is 12.0. The van der Waals surface area contributed by atoms with Gasteiger partial charge in [0.15, 0.2) is 0 Å². The number of carbonyl (C=O) groups excluding carboxylic acids is 1. The van der Waals surface area contributed by atoms with Gasteiger partial charge in [-0.1, -0.05) is 5.46 Å².